The van der Waals surface area contributed by atoms with Gasteiger partial charge in [0.2, 0.25) is 11.6 Å². The van der Waals surface area contributed by atoms with Gasteiger partial charge in [-0.3, -0.25) is 4.57 Å². The normalized spacial score (nSPS) is 33.4. The monoisotopic (exact) mass is 292 g/mol. The van der Waals surface area contributed by atoms with Crippen molar-refractivity contribution in [2.75, 3.05) is 5.32 Å². The molecule has 0 aromatic carbocycles. The molecule has 6 heteroatoms. The lowest BCUT2D eigenvalue weighted by Crippen LogP contribution is -2.46. The minimum absolute atomic E-state index is 0.0582. The highest BCUT2D eigenvalue weighted by molar-refractivity contribution is 5.55. The molecule has 3 atom stereocenters. The number of nitrogens with zero attached hydrogens (tertiary/aromatic N) is 3. The van der Waals surface area contributed by atoms with Crippen molar-refractivity contribution in [3.8, 4) is 0 Å². The summed E-state index contributed by atoms with van der Waals surface area (Å²) in [5.41, 5.74) is 0.374. The van der Waals surface area contributed by atoms with E-state index in [1.54, 1.807) is 11.5 Å². The second kappa shape index (κ2) is 4.21. The summed E-state index contributed by atoms with van der Waals surface area (Å²) in [6, 6.07) is 0.247. The van der Waals surface area contributed by atoms with Crippen LogP contribution in [0.25, 0.3) is 0 Å². The maximum Gasteiger partial charge on any atom is 0.406 e. The summed E-state index contributed by atoms with van der Waals surface area (Å²) >= 11 is 0. The number of fused-ring (bicyclic) bond motifs is 2. The van der Waals surface area contributed by atoms with Gasteiger partial charge in [0.15, 0.2) is 0 Å². The minimum atomic E-state index is -0.391. The van der Waals surface area contributed by atoms with Gasteiger partial charge in [0.05, 0.1) is 0 Å². The molecule has 0 radical (unpaired) electrons. The Hall–Kier alpha value is -1.59. The number of nitro groups is 1. The molecule has 3 unspecified atom stereocenters. The fourth-order valence-electron chi connectivity index (χ4n) is 4.68. The topological polar surface area (TPSA) is 73.0 Å². The fourth-order valence-corrected chi connectivity index (χ4v) is 4.68. The van der Waals surface area contributed by atoms with Gasteiger partial charge in [-0.2, -0.15) is 0 Å². The molecule has 2 saturated carbocycles. The fraction of sp³-hybridized carbons (Fsp3) is 0.800. The lowest BCUT2D eigenvalue weighted by molar-refractivity contribution is -0.388. The van der Waals surface area contributed by atoms with Crippen LogP contribution in [0.2, 0.25) is 0 Å². The zero-order valence-electron chi connectivity index (χ0n) is 13.4. The van der Waals surface area contributed by atoms with Crippen molar-refractivity contribution in [1.29, 1.82) is 0 Å². The molecule has 1 heterocycles. The van der Waals surface area contributed by atoms with Crippen LogP contribution in [0.4, 0.5) is 11.6 Å². The van der Waals surface area contributed by atoms with E-state index < -0.39 is 4.92 Å². The molecule has 0 amide bonds. The molecule has 3 rings (SSSR count). The third kappa shape index (κ3) is 1.88. The largest absolute Gasteiger partial charge is 0.406 e. The van der Waals surface area contributed by atoms with Gasteiger partial charge < -0.3 is 15.4 Å². The summed E-state index contributed by atoms with van der Waals surface area (Å²) in [5.74, 6) is 1.85. The van der Waals surface area contributed by atoms with E-state index in [4.69, 9.17) is 0 Å². The Bertz CT molecular complexity index is 602. The van der Waals surface area contributed by atoms with E-state index in [1.807, 2.05) is 7.05 Å². The van der Waals surface area contributed by atoms with Gasteiger partial charge in [-0.15, -0.1) is 0 Å². The van der Waals surface area contributed by atoms with E-state index >= 15 is 0 Å². The first-order valence-electron chi connectivity index (χ1n) is 7.61. The minimum Gasteiger partial charge on any atom is -0.360 e. The average molecular weight is 292 g/mol. The van der Waals surface area contributed by atoms with Crippen molar-refractivity contribution in [2.24, 2.45) is 23.8 Å². The summed E-state index contributed by atoms with van der Waals surface area (Å²) in [5, 5.41) is 14.8. The van der Waals surface area contributed by atoms with Crippen molar-refractivity contribution in [3.05, 3.63) is 15.9 Å². The summed E-state index contributed by atoms with van der Waals surface area (Å²) < 4.78 is 1.80. The Morgan fingerprint density at radius 2 is 2.10 bits per heavy atom. The Labute approximate surface area is 125 Å². The molecule has 2 aliphatic carbocycles. The maximum absolute atomic E-state index is 11.3. The Morgan fingerprint density at radius 1 is 1.43 bits per heavy atom. The third-order valence-corrected chi connectivity index (χ3v) is 6.02. The van der Waals surface area contributed by atoms with Crippen molar-refractivity contribution in [2.45, 2.75) is 53.0 Å². The number of hydrogen-bond donors (Lipinski definition) is 1. The molecular weight excluding hydrogens is 268 g/mol. The highest BCUT2D eigenvalue weighted by Crippen LogP contribution is 2.63. The SMILES string of the molecule is Cc1nc([N+](=O)[O-])c(NC2C3(C)CCC(C3)C2(C)C)n1C. The van der Waals surface area contributed by atoms with E-state index in [0.717, 1.165) is 0 Å². The zero-order chi connectivity index (χ0) is 15.6. The second-order valence-corrected chi connectivity index (χ2v) is 7.64. The average Bonchev–Trinajstić information content (AvgIpc) is 2.95. The first-order chi connectivity index (χ1) is 9.67. The lowest BCUT2D eigenvalue weighted by Gasteiger charge is -2.43. The molecule has 0 saturated heterocycles. The van der Waals surface area contributed by atoms with Crippen molar-refractivity contribution >= 4 is 11.6 Å². The van der Waals surface area contributed by atoms with Crippen LogP contribution in [0.15, 0.2) is 0 Å². The van der Waals surface area contributed by atoms with Crippen LogP contribution in [0.3, 0.4) is 0 Å². The number of rotatable bonds is 3. The Kier molecular flexibility index (Phi) is 2.88. The third-order valence-electron chi connectivity index (χ3n) is 6.02. The Balaban J connectivity index is 1.99. The predicted molar refractivity (Wildman–Crippen MR) is 81.2 cm³/mol. The molecule has 0 spiro atoms. The molecule has 116 valence electrons. The first kappa shape index (κ1) is 14.4. The number of anilines is 1. The predicted octanol–water partition coefficient (Wildman–Crippen LogP) is 3.26. The molecule has 21 heavy (non-hydrogen) atoms. The molecular formula is C15H24N4O2. The van der Waals surface area contributed by atoms with E-state index in [-0.39, 0.29) is 22.7 Å². The summed E-state index contributed by atoms with van der Waals surface area (Å²) in [4.78, 5) is 14.9. The van der Waals surface area contributed by atoms with Gasteiger partial charge in [0, 0.05) is 20.0 Å². The quantitative estimate of drug-likeness (QED) is 0.685. The van der Waals surface area contributed by atoms with Gasteiger partial charge in [-0.25, -0.2) is 0 Å². The lowest BCUT2D eigenvalue weighted by atomic mass is 9.68. The van der Waals surface area contributed by atoms with E-state index in [1.165, 1.54) is 19.3 Å². The van der Waals surface area contributed by atoms with Crippen molar-refractivity contribution in [1.82, 2.24) is 9.55 Å². The van der Waals surface area contributed by atoms with Crippen LogP contribution < -0.4 is 5.32 Å². The summed E-state index contributed by atoms with van der Waals surface area (Å²) in [6.07, 6.45) is 3.68. The van der Waals surface area contributed by atoms with Gasteiger partial charge in [0.25, 0.3) is 0 Å². The molecule has 2 bridgehead atoms. The molecule has 1 aromatic heterocycles. The van der Waals surface area contributed by atoms with Gasteiger partial charge in [0.1, 0.15) is 0 Å². The highest BCUT2D eigenvalue weighted by atomic mass is 16.6. The van der Waals surface area contributed by atoms with Crippen LogP contribution in [0.1, 0.15) is 45.9 Å². The van der Waals surface area contributed by atoms with Gasteiger partial charge in [-0.1, -0.05) is 20.8 Å². The summed E-state index contributed by atoms with van der Waals surface area (Å²) in [6.45, 7) is 8.68. The van der Waals surface area contributed by atoms with Crippen molar-refractivity contribution in [3.63, 3.8) is 0 Å². The van der Waals surface area contributed by atoms with E-state index in [0.29, 0.717) is 17.6 Å². The van der Waals surface area contributed by atoms with Crippen LogP contribution in [0, 0.1) is 33.8 Å². The smallest absolute Gasteiger partial charge is 0.360 e. The molecule has 0 aliphatic heterocycles. The van der Waals surface area contributed by atoms with Gasteiger partial charge in [-0.05, 0) is 45.9 Å². The van der Waals surface area contributed by atoms with Crippen LogP contribution in [0.5, 0.6) is 0 Å². The number of imidazole rings is 1. The highest BCUT2D eigenvalue weighted by Gasteiger charge is 2.59. The van der Waals surface area contributed by atoms with Crippen LogP contribution >= 0.6 is 0 Å². The molecule has 6 nitrogen and oxygen atoms in total. The van der Waals surface area contributed by atoms with Gasteiger partial charge >= 0.3 is 5.82 Å². The number of hydrogen-bond acceptors (Lipinski definition) is 4. The van der Waals surface area contributed by atoms with Crippen LogP contribution in [-0.2, 0) is 7.05 Å². The van der Waals surface area contributed by atoms with E-state index in [2.05, 4.69) is 31.1 Å². The number of aryl methyl sites for hydroxylation is 1. The van der Waals surface area contributed by atoms with Crippen LogP contribution in [-0.4, -0.2) is 20.5 Å². The Morgan fingerprint density at radius 3 is 2.62 bits per heavy atom. The molecule has 2 fully saturated rings. The molecule has 1 aromatic rings. The summed E-state index contributed by atoms with van der Waals surface area (Å²) in [7, 11) is 1.83. The second-order valence-electron chi connectivity index (χ2n) is 7.64. The first-order valence-corrected chi connectivity index (χ1v) is 7.61. The maximum atomic E-state index is 11.3. The standard InChI is InChI=1S/C15H24N4O2/c1-9-16-12(19(20)21)11(18(9)5)17-13-14(2,3)10-6-7-15(13,4)8-10/h10,13,17H,6-8H2,1-5H3. The van der Waals surface area contributed by atoms with Crippen molar-refractivity contribution < 1.29 is 4.92 Å². The molecule has 1 N–H and O–H groups in total. The van der Waals surface area contributed by atoms with E-state index in [9.17, 15) is 10.1 Å². The zero-order valence-corrected chi connectivity index (χ0v) is 13.4. The number of nitrogens with one attached hydrogen (secondary N) is 1. The number of aromatic nitrogens is 2. The molecule has 2 aliphatic rings.